The lowest BCUT2D eigenvalue weighted by molar-refractivity contribution is -0.157. The summed E-state index contributed by atoms with van der Waals surface area (Å²) in [7, 11) is 1.64. The molecule has 0 aliphatic carbocycles. The highest BCUT2D eigenvalue weighted by molar-refractivity contribution is 6.21. The molecule has 0 saturated carbocycles. The van der Waals surface area contributed by atoms with Gasteiger partial charge in [0.05, 0.1) is 222 Å². The minimum absolute atomic E-state index is 0.0358. The monoisotopic (exact) mass is 1210 g/mol. The number of esters is 1. The molecular formula is C60H96N2O23. The van der Waals surface area contributed by atoms with Crippen LogP contribution in [0.15, 0.2) is 48.5 Å². The minimum Gasteiger partial charge on any atom is -0.482 e. The molecule has 1 N–H and O–H groups in total. The van der Waals surface area contributed by atoms with Gasteiger partial charge in [0.25, 0.3) is 11.8 Å². The number of amides is 3. The van der Waals surface area contributed by atoms with E-state index in [0.29, 0.717) is 202 Å². The van der Waals surface area contributed by atoms with Crippen LogP contribution in [0.4, 0.5) is 0 Å². The van der Waals surface area contributed by atoms with Crippen molar-refractivity contribution in [2.45, 2.75) is 58.1 Å². The van der Waals surface area contributed by atoms with Crippen LogP contribution in [-0.4, -0.2) is 271 Å². The quantitative estimate of drug-likeness (QED) is 0.0565. The Morgan fingerprint density at radius 3 is 1.18 bits per heavy atom. The number of hydrogen-bond donors (Lipinski definition) is 1. The number of benzene rings is 2. The molecule has 0 saturated heterocycles. The Kier molecular flexibility index (Phi) is 44.2. The van der Waals surface area contributed by atoms with Crippen LogP contribution in [0.5, 0.6) is 5.75 Å². The van der Waals surface area contributed by atoms with Gasteiger partial charge in [0.2, 0.25) is 5.91 Å². The highest BCUT2D eigenvalue weighted by atomic mass is 16.6. The van der Waals surface area contributed by atoms with Gasteiger partial charge in [-0.1, -0.05) is 24.3 Å². The van der Waals surface area contributed by atoms with E-state index in [0.717, 1.165) is 5.56 Å². The molecule has 0 radical (unpaired) electrons. The van der Waals surface area contributed by atoms with E-state index in [2.05, 4.69) is 5.32 Å². The van der Waals surface area contributed by atoms with Gasteiger partial charge >= 0.3 is 5.97 Å². The second-order valence-corrected chi connectivity index (χ2v) is 19.6. The minimum atomic E-state index is -0.799. The van der Waals surface area contributed by atoms with Gasteiger partial charge in [-0.2, -0.15) is 0 Å². The zero-order valence-corrected chi connectivity index (χ0v) is 50.7. The number of ether oxygens (including phenoxy) is 18. The lowest BCUT2D eigenvalue weighted by Crippen LogP contribution is -2.42. The fraction of sp³-hybridized carbons (Fsp3) is 0.717. The Bertz CT molecular complexity index is 1990. The summed E-state index contributed by atoms with van der Waals surface area (Å²) in [5.74, 6) is -1.15. The number of carbonyl (C=O) groups excluding carboxylic acids is 5. The maximum absolute atomic E-state index is 13.5. The first-order valence-corrected chi connectivity index (χ1v) is 29.3. The lowest BCUT2D eigenvalue weighted by Gasteiger charge is -2.20. The fourth-order valence-electron chi connectivity index (χ4n) is 7.47. The summed E-state index contributed by atoms with van der Waals surface area (Å²) in [5, 5.41) is 2.88. The predicted molar refractivity (Wildman–Crippen MR) is 308 cm³/mol. The molecule has 3 amide bonds. The van der Waals surface area contributed by atoms with Crippen LogP contribution in [-0.2, 0) is 101 Å². The average molecular weight is 1210 g/mol. The van der Waals surface area contributed by atoms with Crippen molar-refractivity contribution in [1.82, 2.24) is 10.2 Å². The summed E-state index contributed by atoms with van der Waals surface area (Å²) >= 11 is 0. The van der Waals surface area contributed by atoms with Gasteiger partial charge in [-0.05, 0) is 63.4 Å². The highest BCUT2D eigenvalue weighted by Crippen LogP contribution is 2.22. The number of fused-ring (bicyclic) bond motifs is 1. The maximum Gasteiger partial charge on any atom is 0.344 e. The summed E-state index contributed by atoms with van der Waals surface area (Å²) < 4.78 is 98.7. The van der Waals surface area contributed by atoms with E-state index in [1.54, 1.807) is 76.4 Å². The largest absolute Gasteiger partial charge is 0.482 e. The molecule has 0 aromatic heterocycles. The predicted octanol–water partition coefficient (Wildman–Crippen LogP) is 3.37. The van der Waals surface area contributed by atoms with Crippen molar-refractivity contribution in [1.29, 1.82) is 0 Å². The molecule has 0 spiro atoms. The first kappa shape index (κ1) is 74.6. The number of rotatable bonds is 59. The molecule has 0 bridgehead atoms. The number of nitrogens with zero attached hydrogens (tertiary/aromatic N) is 1. The van der Waals surface area contributed by atoms with E-state index < -0.39 is 17.6 Å². The molecule has 85 heavy (non-hydrogen) atoms. The smallest absolute Gasteiger partial charge is 0.344 e. The number of hydrogen-bond acceptors (Lipinski definition) is 23. The topological polar surface area (TPSA) is 267 Å². The SMILES string of the molecule is COCCOCCOCCOCCOCCOCCOCCOCCOCCOCCOCCOCCCC(=O)C(Cc1ccc(OCC(=O)OC(C)(C)C)cc1)NC(=O)CCOCCOCCOCCOCCN1C(=O)c2ccccc2C1=O. The first-order chi connectivity index (χ1) is 41.5. The van der Waals surface area contributed by atoms with Gasteiger partial charge in [-0.15, -0.1) is 0 Å². The summed E-state index contributed by atoms with van der Waals surface area (Å²) in [4.78, 5) is 64.8. The zero-order chi connectivity index (χ0) is 61.1. The van der Waals surface area contributed by atoms with Crippen LogP contribution in [0.3, 0.4) is 0 Å². The third kappa shape index (κ3) is 39.7. The van der Waals surface area contributed by atoms with E-state index in [-0.39, 0.29) is 82.3 Å². The van der Waals surface area contributed by atoms with Crippen LogP contribution in [0.1, 0.15) is 66.3 Å². The second-order valence-electron chi connectivity index (χ2n) is 19.6. The van der Waals surface area contributed by atoms with Crippen LogP contribution in [0, 0.1) is 0 Å². The molecule has 25 heteroatoms. The Morgan fingerprint density at radius 2 is 0.800 bits per heavy atom. The van der Waals surface area contributed by atoms with Gasteiger partial charge in [0.1, 0.15) is 11.4 Å². The number of carbonyl (C=O) groups is 5. The summed E-state index contributed by atoms with van der Waals surface area (Å²) in [6.45, 7) is 18.0. The number of nitrogens with one attached hydrogen (secondary N) is 1. The fourth-order valence-corrected chi connectivity index (χ4v) is 7.47. The highest BCUT2D eigenvalue weighted by Gasteiger charge is 2.34. The van der Waals surface area contributed by atoms with Crippen LogP contribution < -0.4 is 10.1 Å². The molecule has 1 atom stereocenters. The molecule has 0 fully saturated rings. The first-order valence-electron chi connectivity index (χ1n) is 29.3. The Balaban J connectivity index is 1.14. The van der Waals surface area contributed by atoms with Crippen LogP contribution in [0.2, 0.25) is 0 Å². The number of methoxy groups -OCH3 is 1. The van der Waals surface area contributed by atoms with Gasteiger partial charge < -0.3 is 90.6 Å². The van der Waals surface area contributed by atoms with Crippen molar-refractivity contribution in [3.8, 4) is 5.75 Å². The molecule has 1 aliphatic heterocycles. The Morgan fingerprint density at radius 1 is 0.447 bits per heavy atom. The van der Waals surface area contributed by atoms with Crippen LogP contribution >= 0.6 is 0 Å². The van der Waals surface area contributed by atoms with Gasteiger partial charge in [0.15, 0.2) is 12.4 Å². The number of Topliss-reactive ketones (excluding diaryl/α,β-unsaturated/α-hetero) is 1. The van der Waals surface area contributed by atoms with E-state index in [9.17, 15) is 24.0 Å². The molecule has 25 nitrogen and oxygen atoms in total. The summed E-state index contributed by atoms with van der Waals surface area (Å²) in [6.07, 6.45) is 0.907. The summed E-state index contributed by atoms with van der Waals surface area (Å²) in [6, 6.07) is 12.9. The van der Waals surface area contributed by atoms with E-state index >= 15 is 0 Å². The molecule has 1 heterocycles. The molecule has 1 aliphatic rings. The second kappa shape index (κ2) is 50.4. The third-order valence-corrected chi connectivity index (χ3v) is 11.7. The van der Waals surface area contributed by atoms with Crippen molar-refractivity contribution in [2.24, 2.45) is 0 Å². The normalized spacial score (nSPS) is 12.7. The van der Waals surface area contributed by atoms with Crippen molar-refractivity contribution in [3.63, 3.8) is 0 Å². The number of ketones is 1. The standard InChI is InChI=1S/C60H96N2O23/c1-60(2,3)85-57(65)49-84-51-13-11-50(12-14-51)48-54(61-56(64)15-18-70-23-26-74-31-32-75-27-24-71-19-16-62-58(66)52-8-5-6-9-53(52)59(62)67)55(63)10-7-17-69-22-25-73-30-33-77-36-37-79-40-41-81-44-45-83-47-46-82-43-42-80-39-38-78-35-34-76-29-28-72-21-20-68-4/h5-6,8-9,11-14,54H,7,10,15-49H2,1-4H3,(H,61,64). The molecule has 484 valence electrons. The van der Waals surface area contributed by atoms with Crippen molar-refractivity contribution >= 4 is 29.5 Å². The zero-order valence-electron chi connectivity index (χ0n) is 50.7. The third-order valence-electron chi connectivity index (χ3n) is 11.7. The van der Waals surface area contributed by atoms with E-state index in [4.69, 9.17) is 85.3 Å². The van der Waals surface area contributed by atoms with Crippen molar-refractivity contribution in [2.75, 3.05) is 225 Å². The molecule has 1 unspecified atom stereocenters. The lowest BCUT2D eigenvalue weighted by atomic mass is 9.99. The van der Waals surface area contributed by atoms with Crippen LogP contribution in [0.25, 0.3) is 0 Å². The molecule has 2 aromatic carbocycles. The van der Waals surface area contributed by atoms with E-state index in [1.165, 1.54) is 4.90 Å². The van der Waals surface area contributed by atoms with E-state index in [1.807, 2.05) is 0 Å². The molecule has 2 aromatic rings. The van der Waals surface area contributed by atoms with Gasteiger partial charge in [-0.25, -0.2) is 4.79 Å². The average Bonchev–Trinajstić information content (AvgIpc) is 3.76. The summed E-state index contributed by atoms with van der Waals surface area (Å²) in [5.41, 5.74) is 0.964. The molecule has 3 rings (SSSR count). The Hall–Kier alpha value is -4.65. The van der Waals surface area contributed by atoms with Gasteiger partial charge in [0, 0.05) is 26.6 Å². The van der Waals surface area contributed by atoms with Crippen molar-refractivity contribution < 1.29 is 109 Å². The number of imide groups is 1. The maximum atomic E-state index is 13.5. The molecular weight excluding hydrogens is 1120 g/mol. The van der Waals surface area contributed by atoms with Crippen molar-refractivity contribution in [3.05, 3.63) is 65.2 Å². The Labute approximate surface area is 501 Å². The van der Waals surface area contributed by atoms with Gasteiger partial charge in [-0.3, -0.25) is 24.1 Å².